The Balaban J connectivity index is 0.00000156. The van der Waals surface area contributed by atoms with Gasteiger partial charge in [-0.2, -0.15) is 0 Å². The molecular weight excluding hydrogens is 642 g/mol. The van der Waals surface area contributed by atoms with Crippen molar-refractivity contribution >= 4 is 30.1 Å². The fourth-order valence-corrected chi connectivity index (χ4v) is 6.41. The molecule has 4 aliphatic heterocycles. The lowest BCUT2D eigenvalue weighted by Crippen LogP contribution is -2.45. The number of nitrogens with zero attached hydrogens (tertiary/aromatic N) is 3. The Morgan fingerprint density at radius 3 is 2.42 bits per heavy atom. The SMILES string of the molecule is CCN(CC)C(=O)CN1C[C@@H]2NC(=O)c3cc(cc(C(=O)N4CCc5ccccc5C4)c3)OCC(=O)NCc3ccc(cc3)O[C@H]2C1.O=CO. The van der Waals surface area contributed by atoms with Crippen LogP contribution in [0.25, 0.3) is 0 Å². The molecule has 50 heavy (non-hydrogen) atoms. The van der Waals surface area contributed by atoms with Gasteiger partial charge in [0.1, 0.15) is 17.6 Å². The van der Waals surface area contributed by atoms with Crippen molar-refractivity contribution in [3.8, 4) is 11.5 Å². The molecule has 0 saturated carbocycles. The number of carbonyl (C=O) groups excluding carboxylic acids is 4. The zero-order valence-corrected chi connectivity index (χ0v) is 28.3. The molecule has 2 atom stereocenters. The number of fused-ring (bicyclic) bond motifs is 8. The third-order valence-electron chi connectivity index (χ3n) is 9.04. The number of carbonyl (C=O) groups is 5. The molecule has 13 heteroatoms. The van der Waals surface area contributed by atoms with Crippen molar-refractivity contribution < 1.29 is 38.6 Å². The Morgan fingerprint density at radius 2 is 1.70 bits per heavy atom. The van der Waals surface area contributed by atoms with Crippen molar-refractivity contribution in [1.82, 2.24) is 25.3 Å². The summed E-state index contributed by atoms with van der Waals surface area (Å²) in [6.45, 7) is 7.01. The van der Waals surface area contributed by atoms with Gasteiger partial charge in [0.25, 0.3) is 24.2 Å². The number of ether oxygens (including phenoxy) is 2. The Labute approximate surface area is 291 Å². The highest BCUT2D eigenvalue weighted by atomic mass is 16.5. The van der Waals surface area contributed by atoms with Gasteiger partial charge in [0.05, 0.1) is 12.6 Å². The third kappa shape index (κ3) is 8.97. The lowest BCUT2D eigenvalue weighted by atomic mass is 9.99. The van der Waals surface area contributed by atoms with Crippen LogP contribution in [-0.2, 0) is 33.9 Å². The second-order valence-electron chi connectivity index (χ2n) is 12.3. The van der Waals surface area contributed by atoms with Crippen LogP contribution in [0.5, 0.6) is 11.5 Å². The third-order valence-corrected chi connectivity index (χ3v) is 9.04. The first-order valence-electron chi connectivity index (χ1n) is 16.8. The summed E-state index contributed by atoms with van der Waals surface area (Å²) in [5, 5.41) is 12.8. The van der Waals surface area contributed by atoms with Gasteiger partial charge in [0.2, 0.25) is 5.91 Å². The van der Waals surface area contributed by atoms with E-state index in [9.17, 15) is 19.2 Å². The molecule has 3 N–H and O–H groups in total. The van der Waals surface area contributed by atoms with Crippen LogP contribution in [0, 0.1) is 0 Å². The van der Waals surface area contributed by atoms with Crippen molar-refractivity contribution in [2.45, 2.75) is 45.5 Å². The van der Waals surface area contributed by atoms with E-state index in [4.69, 9.17) is 19.4 Å². The lowest BCUT2D eigenvalue weighted by Gasteiger charge is -2.29. The highest BCUT2D eigenvalue weighted by Gasteiger charge is 2.37. The van der Waals surface area contributed by atoms with E-state index in [-0.39, 0.29) is 48.7 Å². The summed E-state index contributed by atoms with van der Waals surface area (Å²) in [7, 11) is 0. The molecule has 4 amide bonds. The first-order valence-corrected chi connectivity index (χ1v) is 16.8. The van der Waals surface area contributed by atoms with Gasteiger partial charge in [-0.25, -0.2) is 0 Å². The fraction of sp³-hybridized carbons (Fsp3) is 0.378. The summed E-state index contributed by atoms with van der Waals surface area (Å²) < 4.78 is 12.2. The van der Waals surface area contributed by atoms with Crippen molar-refractivity contribution in [2.24, 2.45) is 0 Å². The van der Waals surface area contributed by atoms with Gasteiger partial charge in [0, 0.05) is 56.9 Å². The van der Waals surface area contributed by atoms with Gasteiger partial charge in [-0.3, -0.25) is 28.9 Å². The average Bonchev–Trinajstić information content (AvgIpc) is 3.49. The van der Waals surface area contributed by atoms with E-state index in [2.05, 4.69) is 16.7 Å². The minimum absolute atomic E-state index is 0.0231. The normalized spacial score (nSPS) is 18.8. The van der Waals surface area contributed by atoms with Crippen LogP contribution in [0.3, 0.4) is 0 Å². The van der Waals surface area contributed by atoms with Crippen molar-refractivity contribution in [2.75, 3.05) is 45.9 Å². The van der Waals surface area contributed by atoms with Gasteiger partial charge in [0.15, 0.2) is 6.61 Å². The molecule has 0 spiro atoms. The van der Waals surface area contributed by atoms with E-state index in [1.165, 1.54) is 5.56 Å². The first-order chi connectivity index (χ1) is 24.2. The number of hydrogen-bond acceptors (Lipinski definition) is 8. The van der Waals surface area contributed by atoms with Gasteiger partial charge in [-0.05, 0) is 67.3 Å². The zero-order valence-electron chi connectivity index (χ0n) is 28.3. The summed E-state index contributed by atoms with van der Waals surface area (Å²) in [5.41, 5.74) is 3.73. The Kier molecular flexibility index (Phi) is 12.0. The monoisotopic (exact) mass is 685 g/mol. The fourth-order valence-electron chi connectivity index (χ4n) is 6.41. The molecule has 4 heterocycles. The van der Waals surface area contributed by atoms with E-state index < -0.39 is 18.1 Å². The summed E-state index contributed by atoms with van der Waals surface area (Å²) in [6, 6.07) is 19.7. The van der Waals surface area contributed by atoms with E-state index >= 15 is 0 Å². The molecule has 3 aromatic rings. The lowest BCUT2D eigenvalue weighted by molar-refractivity contribution is -0.132. The van der Waals surface area contributed by atoms with E-state index in [0.717, 1.165) is 17.5 Å². The van der Waals surface area contributed by atoms with Crippen LogP contribution in [0.2, 0.25) is 0 Å². The van der Waals surface area contributed by atoms with Gasteiger partial charge in [-0.15, -0.1) is 0 Å². The van der Waals surface area contributed by atoms with Crippen LogP contribution in [0.1, 0.15) is 51.3 Å². The summed E-state index contributed by atoms with van der Waals surface area (Å²) in [5.74, 6) is -0.0830. The second kappa shape index (κ2) is 16.8. The summed E-state index contributed by atoms with van der Waals surface area (Å²) >= 11 is 0. The second-order valence-corrected chi connectivity index (χ2v) is 12.3. The summed E-state index contributed by atoms with van der Waals surface area (Å²) in [6.07, 6.45) is 0.308. The molecule has 1 fully saturated rings. The van der Waals surface area contributed by atoms with Crippen LogP contribution in [0.15, 0.2) is 66.7 Å². The van der Waals surface area contributed by atoms with Crippen LogP contribution in [0.4, 0.5) is 0 Å². The highest BCUT2D eigenvalue weighted by Crippen LogP contribution is 2.25. The molecule has 13 nitrogen and oxygen atoms in total. The Bertz CT molecular complexity index is 1690. The van der Waals surface area contributed by atoms with Crippen LogP contribution in [-0.4, -0.2) is 108 Å². The van der Waals surface area contributed by atoms with E-state index in [1.807, 2.05) is 61.2 Å². The smallest absolute Gasteiger partial charge is 0.290 e. The first kappa shape index (κ1) is 35.9. The van der Waals surface area contributed by atoms with E-state index in [0.29, 0.717) is 57.1 Å². The molecule has 3 aromatic carbocycles. The van der Waals surface area contributed by atoms with Gasteiger partial charge in [-0.1, -0.05) is 36.4 Å². The number of rotatable bonds is 5. The number of nitrogens with one attached hydrogen (secondary N) is 2. The van der Waals surface area contributed by atoms with E-state index in [1.54, 1.807) is 28.0 Å². The number of benzene rings is 3. The molecule has 4 aliphatic rings. The largest absolute Gasteiger partial charge is 0.487 e. The summed E-state index contributed by atoms with van der Waals surface area (Å²) in [4.78, 5) is 67.2. The maximum absolute atomic E-state index is 13.9. The number of carboxylic acid groups (broad SMARTS) is 1. The molecule has 1 saturated heterocycles. The maximum Gasteiger partial charge on any atom is 0.290 e. The van der Waals surface area contributed by atoms with Crippen molar-refractivity contribution in [3.63, 3.8) is 0 Å². The Hall–Kier alpha value is -5.43. The minimum atomic E-state index is -0.437. The molecule has 4 bridgehead atoms. The Morgan fingerprint density at radius 1 is 0.980 bits per heavy atom. The number of amides is 4. The number of likely N-dealkylation sites (tertiary alicyclic amines) is 1. The predicted octanol–water partition coefficient (Wildman–Crippen LogP) is 2.32. The molecular formula is C37H43N5O8. The topological polar surface area (TPSA) is 158 Å². The molecule has 0 aromatic heterocycles. The highest BCUT2D eigenvalue weighted by molar-refractivity contribution is 6.00. The molecule has 264 valence electrons. The molecule has 0 radical (unpaired) electrons. The average molecular weight is 686 g/mol. The van der Waals surface area contributed by atoms with Crippen molar-refractivity contribution in [1.29, 1.82) is 0 Å². The van der Waals surface area contributed by atoms with Gasteiger partial charge < -0.3 is 35.0 Å². The predicted molar refractivity (Wildman–Crippen MR) is 184 cm³/mol. The molecule has 0 aliphatic carbocycles. The quantitative estimate of drug-likeness (QED) is 0.343. The van der Waals surface area contributed by atoms with Crippen LogP contribution < -0.4 is 20.1 Å². The number of likely N-dealkylation sites (N-methyl/N-ethyl adjacent to an activating group) is 1. The van der Waals surface area contributed by atoms with Crippen molar-refractivity contribution in [3.05, 3.63) is 94.5 Å². The van der Waals surface area contributed by atoms with Crippen LogP contribution >= 0.6 is 0 Å². The zero-order chi connectivity index (χ0) is 35.6. The minimum Gasteiger partial charge on any atom is -0.487 e. The standard InChI is InChI=1S/C36H41N5O6.CH2O2/c1-3-40(4-2)34(43)22-39-20-31-32(21-39)47-29-11-9-24(10-12-29)18-37-33(42)23-46-30-16-27(35(44)38-31)15-28(17-30)36(45)41-14-13-25-7-5-6-8-26(25)19-41;2-1-3/h5-12,15-17,31-32H,3-4,13-14,18-23H2,1-2H3,(H,37,42)(H,38,44);1H,(H,2,3)/t31-,32-;/m0./s1. The van der Waals surface area contributed by atoms with Gasteiger partial charge >= 0.3 is 0 Å². The number of hydrogen-bond donors (Lipinski definition) is 3. The molecule has 0 unspecified atom stereocenters. The molecule has 7 rings (SSSR count). The maximum atomic E-state index is 13.9.